The highest BCUT2D eigenvalue weighted by atomic mass is 32.2. The number of allylic oxidation sites excluding steroid dienone is 5. The van der Waals surface area contributed by atoms with Gasteiger partial charge in [-0.15, -0.1) is 0 Å². The molecule has 0 spiro atoms. The fourth-order valence-corrected chi connectivity index (χ4v) is 4.16. The molecule has 0 radical (unpaired) electrons. The molecule has 0 heterocycles. The van der Waals surface area contributed by atoms with Crippen molar-refractivity contribution in [2.75, 3.05) is 11.5 Å². The number of hydrogen-bond donors (Lipinski definition) is 2. The molecule has 0 rings (SSSR count). The van der Waals surface area contributed by atoms with Gasteiger partial charge in [0.05, 0.1) is 12.1 Å². The monoisotopic (exact) mass is 448 g/mol. The maximum Gasteiger partial charge on any atom is 0.207 e. The predicted octanol–water partition coefficient (Wildman–Crippen LogP) is 5.97. The summed E-state index contributed by atoms with van der Waals surface area (Å²) in [6, 6.07) is -0.489. The number of thioether (sulfide) groups is 1. The minimum Gasteiger partial charge on any atom is -0.377 e. The lowest BCUT2D eigenvalue weighted by atomic mass is 10.0. The van der Waals surface area contributed by atoms with Crippen LogP contribution in [0.5, 0.6) is 0 Å². The summed E-state index contributed by atoms with van der Waals surface area (Å²) in [4.78, 5) is 22.9. The van der Waals surface area contributed by atoms with Crippen molar-refractivity contribution in [3.05, 3.63) is 47.2 Å². The third kappa shape index (κ3) is 14.8. The second-order valence-corrected chi connectivity index (χ2v) is 9.91. The quantitative estimate of drug-likeness (QED) is 0.163. The molecule has 0 aliphatic rings. The number of amides is 1. The van der Waals surface area contributed by atoms with Gasteiger partial charge in [0.25, 0.3) is 0 Å². The summed E-state index contributed by atoms with van der Waals surface area (Å²) in [6.45, 7) is 18.3. The molecule has 0 aliphatic carbocycles. The summed E-state index contributed by atoms with van der Waals surface area (Å²) in [5.41, 5.74) is 4.90. The Balaban J connectivity index is 4.43. The van der Waals surface area contributed by atoms with Gasteiger partial charge in [0, 0.05) is 17.2 Å². The Kier molecular flexibility index (Phi) is 15.9. The number of carbonyl (C=O) groups excluding carboxylic acids is 2. The molecular weight excluding hydrogens is 404 g/mol. The van der Waals surface area contributed by atoms with Gasteiger partial charge in [-0.25, -0.2) is 0 Å². The van der Waals surface area contributed by atoms with Crippen LogP contribution in [0.3, 0.4) is 0 Å². The smallest absolute Gasteiger partial charge is 0.207 e. The van der Waals surface area contributed by atoms with E-state index < -0.39 is 0 Å². The van der Waals surface area contributed by atoms with E-state index in [2.05, 4.69) is 63.1 Å². The maximum absolute atomic E-state index is 12.0. The average molecular weight is 449 g/mol. The Morgan fingerprint density at radius 1 is 0.968 bits per heavy atom. The third-order valence-electron chi connectivity index (χ3n) is 5.10. The summed E-state index contributed by atoms with van der Waals surface area (Å²) in [5.74, 6) is 1.83. The first-order chi connectivity index (χ1) is 14.6. The lowest BCUT2D eigenvalue weighted by Gasteiger charge is -2.27. The largest absolute Gasteiger partial charge is 0.377 e. The van der Waals surface area contributed by atoms with Gasteiger partial charge in [0.15, 0.2) is 5.78 Å². The molecule has 2 N–H and O–H groups in total. The molecule has 0 aromatic heterocycles. The van der Waals surface area contributed by atoms with E-state index in [1.807, 2.05) is 13.8 Å². The molecule has 0 bridgehead atoms. The van der Waals surface area contributed by atoms with E-state index in [9.17, 15) is 9.59 Å². The minimum atomic E-state index is -0.299. The van der Waals surface area contributed by atoms with Crippen molar-refractivity contribution < 1.29 is 9.59 Å². The maximum atomic E-state index is 12.0. The van der Waals surface area contributed by atoms with E-state index >= 15 is 0 Å². The number of carbonyl (C=O) groups is 2. The number of hydrogen-bond acceptors (Lipinski definition) is 4. The Labute approximate surface area is 195 Å². The summed E-state index contributed by atoms with van der Waals surface area (Å²) >= 11 is 1.73. The van der Waals surface area contributed by atoms with E-state index in [4.69, 9.17) is 0 Å². The van der Waals surface area contributed by atoms with E-state index in [1.54, 1.807) is 18.7 Å². The van der Waals surface area contributed by atoms with E-state index in [1.165, 1.54) is 16.7 Å². The van der Waals surface area contributed by atoms with Crippen LogP contribution in [-0.4, -0.2) is 35.8 Å². The first-order valence-corrected chi connectivity index (χ1v) is 12.4. The van der Waals surface area contributed by atoms with Gasteiger partial charge in [-0.2, -0.15) is 11.8 Å². The van der Waals surface area contributed by atoms with Crippen molar-refractivity contribution in [3.8, 4) is 0 Å². The van der Waals surface area contributed by atoms with Gasteiger partial charge in [-0.1, -0.05) is 55.4 Å². The molecule has 0 fully saturated rings. The zero-order valence-corrected chi connectivity index (χ0v) is 21.5. The topological polar surface area (TPSA) is 58.2 Å². The number of nitrogens with one attached hydrogen (secondary N) is 2. The second kappa shape index (κ2) is 16.9. The lowest BCUT2D eigenvalue weighted by Crippen LogP contribution is -2.45. The number of rotatable bonds is 17. The Morgan fingerprint density at radius 3 is 2.06 bits per heavy atom. The van der Waals surface area contributed by atoms with Crippen LogP contribution in [0.4, 0.5) is 0 Å². The molecule has 1 amide bonds. The van der Waals surface area contributed by atoms with E-state index in [-0.39, 0.29) is 23.8 Å². The first kappa shape index (κ1) is 29.2. The molecule has 0 saturated heterocycles. The molecule has 31 heavy (non-hydrogen) atoms. The Morgan fingerprint density at radius 2 is 1.55 bits per heavy atom. The van der Waals surface area contributed by atoms with Gasteiger partial charge >= 0.3 is 0 Å². The van der Waals surface area contributed by atoms with Crippen molar-refractivity contribution in [2.24, 2.45) is 5.92 Å². The van der Waals surface area contributed by atoms with Crippen molar-refractivity contribution >= 4 is 24.0 Å². The predicted molar refractivity (Wildman–Crippen MR) is 137 cm³/mol. The highest BCUT2D eigenvalue weighted by molar-refractivity contribution is 7.99. The van der Waals surface area contributed by atoms with Crippen LogP contribution >= 0.6 is 11.8 Å². The van der Waals surface area contributed by atoms with Crippen molar-refractivity contribution in [3.63, 3.8) is 0 Å². The zero-order chi connectivity index (χ0) is 23.8. The van der Waals surface area contributed by atoms with Crippen LogP contribution in [-0.2, 0) is 9.59 Å². The highest BCUT2D eigenvalue weighted by Crippen LogP contribution is 2.14. The molecular formula is C26H44N2O2S. The summed E-state index contributed by atoms with van der Waals surface area (Å²) in [5, 5.41) is 6.00. The average Bonchev–Trinajstić information content (AvgIpc) is 2.67. The van der Waals surface area contributed by atoms with E-state index in [0.717, 1.165) is 31.4 Å². The van der Waals surface area contributed by atoms with Crippen LogP contribution < -0.4 is 10.6 Å². The minimum absolute atomic E-state index is 0.0803. The van der Waals surface area contributed by atoms with Crippen LogP contribution in [0.2, 0.25) is 0 Å². The molecule has 0 aromatic carbocycles. The van der Waals surface area contributed by atoms with Gasteiger partial charge in [0.2, 0.25) is 6.41 Å². The Hall–Kier alpha value is -1.75. The fourth-order valence-electron chi connectivity index (χ4n) is 3.07. The SMILES string of the molecule is C=C(NC(CSC/C=C(\C)CC/C=C(\C)CCC=C(C)C)C(C)=O)C(NC=O)C(C)C. The molecule has 2 atom stereocenters. The zero-order valence-electron chi connectivity index (χ0n) is 20.7. The standard InChI is InChI=1S/C26H44N2O2S/c1-19(2)11-9-12-21(5)13-10-14-22(6)15-16-31-17-25(24(8)30)28-23(7)26(20(3)4)27-18-29/h11,13,15,18,20,25-26,28H,7,9-10,12,14,16-17H2,1-6,8H3,(H,27,29)/b21-13+,22-15+. The summed E-state index contributed by atoms with van der Waals surface area (Å²) < 4.78 is 0. The fraction of sp³-hybridized carbons (Fsp3) is 0.615. The summed E-state index contributed by atoms with van der Waals surface area (Å²) in [6.07, 6.45) is 12.0. The van der Waals surface area contributed by atoms with Gasteiger partial charge in [0.1, 0.15) is 0 Å². The lowest BCUT2D eigenvalue weighted by molar-refractivity contribution is -0.118. The van der Waals surface area contributed by atoms with Crippen LogP contribution in [0.15, 0.2) is 47.2 Å². The summed E-state index contributed by atoms with van der Waals surface area (Å²) in [7, 11) is 0. The number of ketones is 1. The normalized spacial score (nSPS) is 14.1. The van der Waals surface area contributed by atoms with Crippen LogP contribution in [0, 0.1) is 5.92 Å². The molecule has 2 unspecified atom stereocenters. The Bertz CT molecular complexity index is 658. The van der Waals surface area contributed by atoms with Crippen molar-refractivity contribution in [1.82, 2.24) is 10.6 Å². The number of Topliss-reactive ketones (excluding diaryl/α,β-unsaturated/α-hetero) is 1. The molecule has 4 nitrogen and oxygen atoms in total. The van der Waals surface area contributed by atoms with Gasteiger partial charge in [-0.05, 0) is 66.2 Å². The van der Waals surface area contributed by atoms with Crippen molar-refractivity contribution in [1.29, 1.82) is 0 Å². The first-order valence-electron chi connectivity index (χ1n) is 11.3. The molecule has 5 heteroatoms. The highest BCUT2D eigenvalue weighted by Gasteiger charge is 2.21. The molecule has 0 aromatic rings. The van der Waals surface area contributed by atoms with Crippen molar-refractivity contribution in [2.45, 2.75) is 86.2 Å². The van der Waals surface area contributed by atoms with Gasteiger partial charge < -0.3 is 10.6 Å². The molecule has 0 saturated carbocycles. The van der Waals surface area contributed by atoms with Crippen LogP contribution in [0.25, 0.3) is 0 Å². The van der Waals surface area contributed by atoms with Crippen LogP contribution in [0.1, 0.15) is 74.1 Å². The van der Waals surface area contributed by atoms with Gasteiger partial charge in [-0.3, -0.25) is 9.59 Å². The molecule has 0 aliphatic heterocycles. The third-order valence-corrected chi connectivity index (χ3v) is 6.07. The molecule has 176 valence electrons. The second-order valence-electron chi connectivity index (χ2n) is 8.84. The van der Waals surface area contributed by atoms with E-state index in [0.29, 0.717) is 17.9 Å².